The van der Waals surface area contributed by atoms with Gasteiger partial charge in [-0.3, -0.25) is 4.79 Å². The minimum absolute atomic E-state index is 0.162. The zero-order valence-corrected chi connectivity index (χ0v) is 10.5. The topological polar surface area (TPSA) is 45.5 Å². The minimum atomic E-state index is 0.162. The quantitative estimate of drug-likeness (QED) is 0.866. The van der Waals surface area contributed by atoms with E-state index in [9.17, 15) is 4.79 Å². The van der Waals surface area contributed by atoms with Crippen molar-refractivity contribution in [3.63, 3.8) is 0 Å². The average Bonchev–Trinajstić information content (AvgIpc) is 2.73. The summed E-state index contributed by atoms with van der Waals surface area (Å²) in [5.41, 5.74) is 0. The molecule has 1 saturated heterocycles. The summed E-state index contributed by atoms with van der Waals surface area (Å²) in [6.07, 6.45) is 2.11. The molecule has 4 nitrogen and oxygen atoms in total. The number of nitrogens with zero attached hydrogens (tertiary/aromatic N) is 1. The minimum Gasteiger partial charge on any atom is -0.463 e. The molecule has 1 atom stereocenters. The molecule has 1 aromatic rings. The molecule has 1 N–H and O–H groups in total. The fourth-order valence-electron chi connectivity index (χ4n) is 2.26. The Labute approximate surface area is 102 Å². The molecule has 1 aliphatic rings. The number of hydrogen-bond donors (Lipinski definition) is 1. The number of nitrogens with one attached hydrogen (secondary N) is 1. The van der Waals surface area contributed by atoms with Crippen LogP contribution in [0.5, 0.6) is 0 Å². The molecule has 1 aromatic heterocycles. The first-order valence-electron chi connectivity index (χ1n) is 6.21. The molecule has 0 radical (unpaired) electrons. The van der Waals surface area contributed by atoms with Crippen molar-refractivity contribution in [3.05, 3.63) is 23.7 Å². The van der Waals surface area contributed by atoms with Crippen LogP contribution in [0.2, 0.25) is 0 Å². The summed E-state index contributed by atoms with van der Waals surface area (Å²) in [6, 6.07) is 3.92. The van der Waals surface area contributed by atoms with E-state index in [-0.39, 0.29) is 11.8 Å². The Balaban J connectivity index is 1.97. The molecule has 4 heteroatoms. The van der Waals surface area contributed by atoms with E-state index in [1.165, 1.54) is 0 Å². The summed E-state index contributed by atoms with van der Waals surface area (Å²) in [6.45, 7) is 4.19. The Morgan fingerprint density at radius 2 is 2.24 bits per heavy atom. The molecule has 1 unspecified atom stereocenters. The van der Waals surface area contributed by atoms with Gasteiger partial charge < -0.3 is 14.6 Å². The molecular formula is C13H20N2O2. The van der Waals surface area contributed by atoms with Crippen LogP contribution in [0.15, 0.2) is 16.5 Å². The van der Waals surface area contributed by atoms with Crippen molar-refractivity contribution in [3.8, 4) is 0 Å². The summed E-state index contributed by atoms with van der Waals surface area (Å²) in [5, 5.41) is 3.04. The fourth-order valence-corrected chi connectivity index (χ4v) is 2.26. The molecular weight excluding hydrogens is 216 g/mol. The van der Waals surface area contributed by atoms with Crippen molar-refractivity contribution < 1.29 is 9.21 Å². The molecule has 1 aliphatic heterocycles. The maximum Gasteiger partial charge on any atom is 0.225 e. The summed E-state index contributed by atoms with van der Waals surface area (Å²) in [7, 11) is 1.89. The highest BCUT2D eigenvalue weighted by Gasteiger charge is 2.25. The van der Waals surface area contributed by atoms with E-state index >= 15 is 0 Å². The normalized spacial score (nSPS) is 20.9. The number of carbonyl (C=O) groups excluding carboxylic acids is 1. The van der Waals surface area contributed by atoms with Gasteiger partial charge in [-0.1, -0.05) is 6.92 Å². The predicted molar refractivity (Wildman–Crippen MR) is 65.3 cm³/mol. The molecule has 0 aromatic carbocycles. The molecule has 1 amide bonds. The van der Waals surface area contributed by atoms with E-state index in [0.29, 0.717) is 6.54 Å². The third-order valence-corrected chi connectivity index (χ3v) is 3.21. The Hall–Kier alpha value is -1.29. The first-order chi connectivity index (χ1) is 8.20. The third-order valence-electron chi connectivity index (χ3n) is 3.21. The van der Waals surface area contributed by atoms with E-state index < -0.39 is 0 Å². The number of hydrogen-bond acceptors (Lipinski definition) is 3. The van der Waals surface area contributed by atoms with Gasteiger partial charge in [0.2, 0.25) is 5.91 Å². The van der Waals surface area contributed by atoms with Gasteiger partial charge in [0.1, 0.15) is 11.5 Å². The van der Waals surface area contributed by atoms with Gasteiger partial charge >= 0.3 is 0 Å². The van der Waals surface area contributed by atoms with Crippen LogP contribution in [0, 0.1) is 5.92 Å². The third kappa shape index (κ3) is 2.88. The lowest BCUT2D eigenvalue weighted by molar-refractivity contribution is -0.138. The molecule has 94 valence electrons. The zero-order valence-electron chi connectivity index (χ0n) is 10.5. The molecule has 0 saturated carbocycles. The molecule has 0 spiro atoms. The average molecular weight is 236 g/mol. The standard InChI is InChI=1S/C13H20N2O2/c1-10-4-3-7-15(13(10)16)9-12-6-5-11(17-12)8-14-2/h5-6,10,14H,3-4,7-9H2,1-2H3. The van der Waals surface area contributed by atoms with E-state index in [1.807, 2.05) is 31.0 Å². The van der Waals surface area contributed by atoms with Gasteiger partial charge in [0, 0.05) is 12.5 Å². The second-order valence-corrected chi connectivity index (χ2v) is 4.70. The highest BCUT2D eigenvalue weighted by atomic mass is 16.3. The monoisotopic (exact) mass is 236 g/mol. The Morgan fingerprint density at radius 3 is 3.00 bits per heavy atom. The highest BCUT2D eigenvalue weighted by Crippen LogP contribution is 2.20. The largest absolute Gasteiger partial charge is 0.463 e. The van der Waals surface area contributed by atoms with Gasteiger partial charge in [0.15, 0.2) is 0 Å². The zero-order chi connectivity index (χ0) is 12.3. The summed E-state index contributed by atoms with van der Waals surface area (Å²) < 4.78 is 5.65. The van der Waals surface area contributed by atoms with Gasteiger partial charge in [0.25, 0.3) is 0 Å². The molecule has 2 rings (SSSR count). The van der Waals surface area contributed by atoms with Crippen LogP contribution in [-0.2, 0) is 17.9 Å². The number of furan rings is 1. The maximum atomic E-state index is 11.9. The van der Waals surface area contributed by atoms with E-state index in [0.717, 1.165) is 37.5 Å². The number of amides is 1. The van der Waals surface area contributed by atoms with Crippen LogP contribution in [0.3, 0.4) is 0 Å². The van der Waals surface area contributed by atoms with Crippen molar-refractivity contribution in [1.82, 2.24) is 10.2 Å². The van der Waals surface area contributed by atoms with Gasteiger partial charge in [0.05, 0.1) is 13.1 Å². The van der Waals surface area contributed by atoms with Crippen molar-refractivity contribution in [1.29, 1.82) is 0 Å². The lowest BCUT2D eigenvalue weighted by Crippen LogP contribution is -2.39. The lowest BCUT2D eigenvalue weighted by Gasteiger charge is -2.29. The first kappa shape index (κ1) is 12.2. The summed E-state index contributed by atoms with van der Waals surface area (Å²) in [4.78, 5) is 13.8. The van der Waals surface area contributed by atoms with E-state index in [2.05, 4.69) is 5.32 Å². The Bertz CT molecular complexity index is 387. The van der Waals surface area contributed by atoms with Crippen molar-refractivity contribution >= 4 is 5.91 Å². The van der Waals surface area contributed by atoms with Crippen LogP contribution in [-0.4, -0.2) is 24.4 Å². The SMILES string of the molecule is CNCc1ccc(CN2CCCC(C)C2=O)o1. The van der Waals surface area contributed by atoms with Crippen LogP contribution in [0.1, 0.15) is 31.3 Å². The van der Waals surface area contributed by atoms with Crippen LogP contribution >= 0.6 is 0 Å². The van der Waals surface area contributed by atoms with E-state index in [4.69, 9.17) is 4.42 Å². The summed E-state index contributed by atoms with van der Waals surface area (Å²) >= 11 is 0. The number of piperidine rings is 1. The van der Waals surface area contributed by atoms with Crippen LogP contribution in [0.4, 0.5) is 0 Å². The van der Waals surface area contributed by atoms with Gasteiger partial charge in [-0.05, 0) is 32.0 Å². The molecule has 0 aliphatic carbocycles. The predicted octanol–water partition coefficient (Wildman–Crippen LogP) is 1.76. The van der Waals surface area contributed by atoms with Gasteiger partial charge in [-0.2, -0.15) is 0 Å². The molecule has 2 heterocycles. The van der Waals surface area contributed by atoms with E-state index in [1.54, 1.807) is 0 Å². The fraction of sp³-hybridized carbons (Fsp3) is 0.615. The highest BCUT2D eigenvalue weighted by molar-refractivity contribution is 5.79. The van der Waals surface area contributed by atoms with Crippen LogP contribution < -0.4 is 5.32 Å². The second-order valence-electron chi connectivity index (χ2n) is 4.70. The Morgan fingerprint density at radius 1 is 1.47 bits per heavy atom. The molecule has 1 fully saturated rings. The summed E-state index contributed by atoms with van der Waals surface area (Å²) in [5.74, 6) is 2.20. The van der Waals surface area contributed by atoms with Gasteiger partial charge in [-0.25, -0.2) is 0 Å². The van der Waals surface area contributed by atoms with Crippen molar-refractivity contribution in [2.45, 2.75) is 32.9 Å². The second kappa shape index (κ2) is 5.36. The molecule has 17 heavy (non-hydrogen) atoms. The van der Waals surface area contributed by atoms with Crippen molar-refractivity contribution in [2.24, 2.45) is 5.92 Å². The maximum absolute atomic E-state index is 11.9. The number of rotatable bonds is 4. The first-order valence-corrected chi connectivity index (χ1v) is 6.21. The Kier molecular flexibility index (Phi) is 3.84. The molecule has 0 bridgehead atoms. The van der Waals surface area contributed by atoms with Crippen LogP contribution in [0.25, 0.3) is 0 Å². The lowest BCUT2D eigenvalue weighted by atomic mass is 9.99. The number of carbonyl (C=O) groups is 1. The van der Waals surface area contributed by atoms with Gasteiger partial charge in [-0.15, -0.1) is 0 Å². The smallest absolute Gasteiger partial charge is 0.225 e. The number of likely N-dealkylation sites (tertiary alicyclic amines) is 1. The van der Waals surface area contributed by atoms with Crippen molar-refractivity contribution in [2.75, 3.05) is 13.6 Å².